The molecule has 236 valence electrons. The predicted octanol–water partition coefficient (Wildman–Crippen LogP) is 7.16. The molecular weight excluding hydrogens is 674 g/mol. The normalized spacial score (nSPS) is 12.6. The van der Waals surface area contributed by atoms with E-state index in [1.54, 1.807) is 43.3 Å². The average Bonchev–Trinajstić information content (AvgIpc) is 3.03. The first kappa shape index (κ1) is 34.2. The summed E-state index contributed by atoms with van der Waals surface area (Å²) >= 11 is 9.69. The quantitative estimate of drug-likeness (QED) is 0.160. The standard InChI is InChI=1S/C35H37BrClN3O4S/c1-4-26(3)38-35(42)33(22-27-11-7-5-8-12-27)39(23-28-15-17-29(36)18-16-28)34(41)24-40(32-20-19-30(37)21-25(32)2)45(43,44)31-13-9-6-10-14-31/h5-21,26,33H,4,22-24H2,1-3H3,(H,38,42). The molecule has 2 amide bonds. The Morgan fingerprint density at radius 2 is 1.51 bits per heavy atom. The molecule has 45 heavy (non-hydrogen) atoms. The second-order valence-corrected chi connectivity index (χ2v) is 14.1. The van der Waals surface area contributed by atoms with Crippen molar-refractivity contribution < 1.29 is 18.0 Å². The maximum atomic E-state index is 14.6. The second-order valence-electron chi connectivity index (χ2n) is 10.9. The lowest BCUT2D eigenvalue weighted by Gasteiger charge is -2.34. The van der Waals surface area contributed by atoms with E-state index >= 15 is 0 Å². The summed E-state index contributed by atoms with van der Waals surface area (Å²) in [5, 5.41) is 3.50. The number of carbonyl (C=O) groups excluding carboxylic acids is 2. The number of nitrogens with one attached hydrogen (secondary N) is 1. The van der Waals surface area contributed by atoms with Gasteiger partial charge in [-0.3, -0.25) is 13.9 Å². The molecule has 0 fully saturated rings. The van der Waals surface area contributed by atoms with Gasteiger partial charge in [-0.2, -0.15) is 0 Å². The summed E-state index contributed by atoms with van der Waals surface area (Å²) in [7, 11) is -4.19. The van der Waals surface area contributed by atoms with Crippen LogP contribution < -0.4 is 9.62 Å². The Bertz CT molecular complexity index is 1700. The van der Waals surface area contributed by atoms with Gasteiger partial charge in [-0.1, -0.05) is 95.1 Å². The van der Waals surface area contributed by atoms with Gasteiger partial charge in [0, 0.05) is 28.5 Å². The van der Waals surface area contributed by atoms with Crippen LogP contribution in [0.2, 0.25) is 5.02 Å². The molecule has 0 aliphatic rings. The van der Waals surface area contributed by atoms with Crippen molar-refractivity contribution in [1.82, 2.24) is 10.2 Å². The van der Waals surface area contributed by atoms with E-state index in [-0.39, 0.29) is 29.8 Å². The lowest BCUT2D eigenvalue weighted by molar-refractivity contribution is -0.140. The number of rotatable bonds is 13. The number of aryl methyl sites for hydroxylation is 1. The largest absolute Gasteiger partial charge is 0.352 e. The highest BCUT2D eigenvalue weighted by Gasteiger charge is 2.35. The summed E-state index contributed by atoms with van der Waals surface area (Å²) in [5.74, 6) is -0.828. The summed E-state index contributed by atoms with van der Waals surface area (Å²) < 4.78 is 30.3. The molecule has 4 rings (SSSR count). The third-order valence-electron chi connectivity index (χ3n) is 7.58. The minimum atomic E-state index is -4.19. The van der Waals surface area contributed by atoms with Crippen LogP contribution in [0.25, 0.3) is 0 Å². The molecule has 0 aromatic heterocycles. The molecular formula is C35H37BrClN3O4S. The van der Waals surface area contributed by atoms with Crippen molar-refractivity contribution in [3.8, 4) is 0 Å². The topological polar surface area (TPSA) is 86.8 Å². The highest BCUT2D eigenvalue weighted by molar-refractivity contribution is 9.10. The summed E-state index contributed by atoms with van der Waals surface area (Å²) in [6.07, 6.45) is 0.959. The zero-order chi connectivity index (χ0) is 32.6. The number of halogens is 2. The molecule has 0 spiro atoms. The van der Waals surface area contributed by atoms with Crippen LogP contribution in [0.15, 0.2) is 112 Å². The maximum Gasteiger partial charge on any atom is 0.264 e. The molecule has 0 bridgehead atoms. The van der Waals surface area contributed by atoms with Crippen molar-refractivity contribution in [3.63, 3.8) is 0 Å². The van der Waals surface area contributed by atoms with Crippen LogP contribution in [0.5, 0.6) is 0 Å². The number of amides is 2. The zero-order valence-electron chi connectivity index (χ0n) is 25.5. The lowest BCUT2D eigenvalue weighted by atomic mass is 10.0. The van der Waals surface area contributed by atoms with Crippen LogP contribution in [-0.2, 0) is 32.6 Å². The Labute approximate surface area is 279 Å². The maximum absolute atomic E-state index is 14.6. The first-order chi connectivity index (χ1) is 21.5. The minimum Gasteiger partial charge on any atom is -0.352 e. The average molecular weight is 711 g/mol. The van der Waals surface area contributed by atoms with E-state index in [2.05, 4.69) is 21.2 Å². The van der Waals surface area contributed by atoms with Gasteiger partial charge in [-0.15, -0.1) is 0 Å². The van der Waals surface area contributed by atoms with Crippen molar-refractivity contribution in [2.75, 3.05) is 10.8 Å². The molecule has 0 radical (unpaired) electrons. The van der Waals surface area contributed by atoms with Crippen LogP contribution >= 0.6 is 27.5 Å². The molecule has 0 saturated heterocycles. The van der Waals surface area contributed by atoms with Crippen molar-refractivity contribution >= 4 is 55.1 Å². The number of hydrogen-bond donors (Lipinski definition) is 1. The summed E-state index contributed by atoms with van der Waals surface area (Å²) in [6, 6.07) is 28.8. The summed E-state index contributed by atoms with van der Waals surface area (Å²) in [6.45, 7) is 5.20. The van der Waals surface area contributed by atoms with Crippen molar-refractivity contribution in [2.24, 2.45) is 0 Å². The first-order valence-electron chi connectivity index (χ1n) is 14.7. The summed E-state index contributed by atoms with van der Waals surface area (Å²) in [5.41, 5.74) is 2.58. The van der Waals surface area contributed by atoms with Gasteiger partial charge in [0.25, 0.3) is 10.0 Å². The van der Waals surface area contributed by atoms with Crippen LogP contribution in [0.4, 0.5) is 5.69 Å². The van der Waals surface area contributed by atoms with E-state index < -0.39 is 28.5 Å². The molecule has 0 aliphatic heterocycles. The molecule has 4 aromatic rings. The lowest BCUT2D eigenvalue weighted by Crippen LogP contribution is -2.54. The molecule has 0 heterocycles. The van der Waals surface area contributed by atoms with Gasteiger partial charge >= 0.3 is 0 Å². The van der Waals surface area contributed by atoms with Gasteiger partial charge in [0.05, 0.1) is 10.6 Å². The van der Waals surface area contributed by atoms with Crippen LogP contribution in [-0.4, -0.2) is 43.8 Å². The second kappa shape index (κ2) is 15.6. The van der Waals surface area contributed by atoms with Crippen molar-refractivity contribution in [1.29, 1.82) is 0 Å². The van der Waals surface area contributed by atoms with E-state index in [0.29, 0.717) is 22.7 Å². The SMILES string of the molecule is CCC(C)NC(=O)C(Cc1ccccc1)N(Cc1ccc(Br)cc1)C(=O)CN(c1ccc(Cl)cc1C)S(=O)(=O)c1ccccc1. The predicted molar refractivity (Wildman–Crippen MR) is 184 cm³/mol. The number of nitrogens with zero attached hydrogens (tertiary/aromatic N) is 2. The van der Waals surface area contributed by atoms with Gasteiger partial charge in [0.1, 0.15) is 12.6 Å². The highest BCUT2D eigenvalue weighted by atomic mass is 79.9. The molecule has 7 nitrogen and oxygen atoms in total. The highest BCUT2D eigenvalue weighted by Crippen LogP contribution is 2.29. The van der Waals surface area contributed by atoms with Crippen molar-refractivity contribution in [2.45, 2.75) is 57.1 Å². The van der Waals surface area contributed by atoms with Gasteiger partial charge in [-0.05, 0) is 79.4 Å². The fourth-order valence-electron chi connectivity index (χ4n) is 4.91. The number of benzene rings is 4. The minimum absolute atomic E-state index is 0.0435. The number of hydrogen-bond acceptors (Lipinski definition) is 4. The monoisotopic (exact) mass is 709 g/mol. The Morgan fingerprint density at radius 1 is 0.889 bits per heavy atom. The molecule has 10 heteroatoms. The fourth-order valence-corrected chi connectivity index (χ4v) is 6.90. The van der Waals surface area contributed by atoms with Crippen molar-refractivity contribution in [3.05, 3.63) is 129 Å². The molecule has 0 aliphatic carbocycles. The summed E-state index contributed by atoms with van der Waals surface area (Å²) in [4.78, 5) is 30.0. The van der Waals surface area contributed by atoms with Crippen LogP contribution in [0.3, 0.4) is 0 Å². The Morgan fingerprint density at radius 3 is 2.11 bits per heavy atom. The van der Waals surface area contributed by atoms with Gasteiger partial charge in [0.2, 0.25) is 11.8 Å². The van der Waals surface area contributed by atoms with E-state index in [1.807, 2.05) is 68.4 Å². The fraction of sp³-hybridized carbons (Fsp3) is 0.257. The number of anilines is 1. The third-order valence-corrected chi connectivity index (χ3v) is 10.1. The zero-order valence-corrected chi connectivity index (χ0v) is 28.6. The molecule has 1 N–H and O–H groups in total. The Kier molecular flexibility index (Phi) is 11.8. The van der Waals surface area contributed by atoms with Gasteiger partial charge in [-0.25, -0.2) is 8.42 Å². The molecule has 0 saturated carbocycles. The number of carbonyl (C=O) groups is 2. The smallest absolute Gasteiger partial charge is 0.264 e. The molecule has 2 unspecified atom stereocenters. The Hall–Kier alpha value is -3.66. The van der Waals surface area contributed by atoms with Crippen LogP contribution in [0, 0.1) is 6.92 Å². The van der Waals surface area contributed by atoms with Gasteiger partial charge < -0.3 is 10.2 Å². The van der Waals surface area contributed by atoms with Crippen LogP contribution in [0.1, 0.15) is 37.0 Å². The Balaban J connectivity index is 1.82. The molecule has 4 aromatic carbocycles. The van der Waals surface area contributed by atoms with E-state index in [0.717, 1.165) is 19.9 Å². The van der Waals surface area contributed by atoms with E-state index in [1.165, 1.54) is 17.0 Å². The number of sulfonamides is 1. The van der Waals surface area contributed by atoms with Gasteiger partial charge in [0.15, 0.2) is 0 Å². The first-order valence-corrected chi connectivity index (χ1v) is 17.3. The van der Waals surface area contributed by atoms with E-state index in [4.69, 9.17) is 11.6 Å². The molecule has 2 atom stereocenters. The van der Waals surface area contributed by atoms with E-state index in [9.17, 15) is 18.0 Å². The third kappa shape index (κ3) is 8.96.